The largest absolute Gasteiger partial charge is 0.484 e. The van der Waals surface area contributed by atoms with Crippen molar-refractivity contribution >= 4 is 29.1 Å². The van der Waals surface area contributed by atoms with E-state index in [9.17, 15) is 9.18 Å². The summed E-state index contributed by atoms with van der Waals surface area (Å²) in [6.07, 6.45) is 0. The lowest BCUT2D eigenvalue weighted by Crippen LogP contribution is -2.21. The molecule has 0 atom stereocenters. The number of anilines is 2. The number of hydrogen-bond acceptors (Lipinski definition) is 5. The van der Waals surface area contributed by atoms with Crippen LogP contribution in [0.15, 0.2) is 60.7 Å². The predicted octanol–water partition coefficient (Wildman–Crippen LogP) is 3.90. The van der Waals surface area contributed by atoms with Crippen LogP contribution in [0.5, 0.6) is 5.75 Å². The first-order valence-corrected chi connectivity index (χ1v) is 8.46. The van der Waals surface area contributed by atoms with Crippen LogP contribution in [-0.2, 0) is 11.3 Å². The Kier molecular flexibility index (Phi) is 6.17. The number of nitrogens with one attached hydrogen (secondary N) is 2. The Morgan fingerprint density at radius 1 is 0.963 bits per heavy atom. The van der Waals surface area contributed by atoms with E-state index in [1.54, 1.807) is 48.5 Å². The monoisotopic (exact) mass is 386 g/mol. The van der Waals surface area contributed by atoms with Crippen LogP contribution < -0.4 is 15.4 Å². The van der Waals surface area contributed by atoms with Crippen LogP contribution in [0, 0.1) is 5.82 Å². The fraction of sp³-hybridized carbons (Fsp3) is 0.105. The summed E-state index contributed by atoms with van der Waals surface area (Å²) < 4.78 is 18.2. The van der Waals surface area contributed by atoms with Crippen molar-refractivity contribution in [2.24, 2.45) is 0 Å². The van der Waals surface area contributed by atoms with Gasteiger partial charge >= 0.3 is 0 Å². The highest BCUT2D eigenvalue weighted by Gasteiger charge is 2.06. The lowest BCUT2D eigenvalue weighted by molar-refractivity contribution is -0.118. The number of amides is 1. The maximum absolute atomic E-state index is 12.9. The summed E-state index contributed by atoms with van der Waals surface area (Å²) in [5.41, 5.74) is 0.912. The number of halogens is 2. The van der Waals surface area contributed by atoms with Gasteiger partial charge in [0.1, 0.15) is 17.4 Å². The quantitative estimate of drug-likeness (QED) is 0.644. The van der Waals surface area contributed by atoms with Crippen LogP contribution in [0.25, 0.3) is 0 Å². The van der Waals surface area contributed by atoms with Crippen molar-refractivity contribution in [1.82, 2.24) is 10.2 Å². The summed E-state index contributed by atoms with van der Waals surface area (Å²) in [7, 11) is 0. The Hall–Kier alpha value is -3.19. The van der Waals surface area contributed by atoms with Crippen molar-refractivity contribution in [3.05, 3.63) is 77.1 Å². The molecule has 0 saturated carbocycles. The third kappa shape index (κ3) is 5.93. The molecule has 8 heteroatoms. The number of aromatic nitrogens is 2. The zero-order chi connectivity index (χ0) is 19.1. The molecule has 3 rings (SSSR count). The van der Waals surface area contributed by atoms with Crippen molar-refractivity contribution < 1.29 is 13.9 Å². The van der Waals surface area contributed by atoms with Gasteiger partial charge in [0.25, 0.3) is 5.91 Å². The number of nitrogens with zero attached hydrogens (tertiary/aromatic N) is 2. The van der Waals surface area contributed by atoms with Gasteiger partial charge in [0.15, 0.2) is 12.4 Å². The number of rotatable bonds is 7. The number of carbonyl (C=O) groups excluding carboxylic acids is 1. The molecule has 27 heavy (non-hydrogen) atoms. The van der Waals surface area contributed by atoms with E-state index in [4.69, 9.17) is 16.3 Å². The lowest BCUT2D eigenvalue weighted by atomic mass is 10.2. The highest BCUT2D eigenvalue weighted by molar-refractivity contribution is 6.30. The molecule has 0 unspecified atom stereocenters. The maximum Gasteiger partial charge on any atom is 0.263 e. The Bertz CT molecular complexity index is 887. The average Bonchev–Trinajstić information content (AvgIpc) is 2.68. The van der Waals surface area contributed by atoms with Gasteiger partial charge in [-0.05, 0) is 54.1 Å². The van der Waals surface area contributed by atoms with E-state index in [1.807, 2.05) is 0 Å². The number of benzene rings is 2. The Morgan fingerprint density at radius 2 is 1.63 bits per heavy atom. The van der Waals surface area contributed by atoms with Gasteiger partial charge < -0.3 is 15.4 Å². The number of ether oxygens (including phenoxy) is 1. The lowest BCUT2D eigenvalue weighted by Gasteiger charge is -2.08. The van der Waals surface area contributed by atoms with E-state index < -0.39 is 0 Å². The normalized spacial score (nSPS) is 10.3. The molecule has 1 aromatic heterocycles. The standard InChI is InChI=1S/C19H16ClFN4O2/c20-14-3-7-16(8-4-14)27-12-19(26)23-18-10-9-17(24-25-18)22-11-13-1-5-15(21)6-2-13/h1-10H,11-12H2,(H,22,24)(H,23,25,26). The molecule has 138 valence electrons. The van der Waals surface area contributed by atoms with Crippen LogP contribution in [0.2, 0.25) is 5.02 Å². The molecule has 0 radical (unpaired) electrons. The first kappa shape index (κ1) is 18.6. The molecule has 0 bridgehead atoms. The number of carbonyl (C=O) groups is 1. The van der Waals surface area contributed by atoms with Crippen LogP contribution in [0.4, 0.5) is 16.0 Å². The van der Waals surface area contributed by atoms with E-state index in [2.05, 4.69) is 20.8 Å². The van der Waals surface area contributed by atoms with Crippen LogP contribution in [0.3, 0.4) is 0 Å². The van der Waals surface area contributed by atoms with Gasteiger partial charge in [-0.15, -0.1) is 10.2 Å². The summed E-state index contributed by atoms with van der Waals surface area (Å²) >= 11 is 5.79. The van der Waals surface area contributed by atoms with E-state index in [-0.39, 0.29) is 18.3 Å². The Morgan fingerprint density at radius 3 is 2.30 bits per heavy atom. The van der Waals surface area contributed by atoms with Gasteiger partial charge in [-0.2, -0.15) is 0 Å². The fourth-order valence-corrected chi connectivity index (χ4v) is 2.27. The zero-order valence-corrected chi connectivity index (χ0v) is 14.9. The summed E-state index contributed by atoms with van der Waals surface area (Å²) in [5, 5.41) is 14.2. The molecule has 3 aromatic rings. The highest BCUT2D eigenvalue weighted by Crippen LogP contribution is 2.15. The van der Waals surface area contributed by atoms with Crippen LogP contribution in [-0.4, -0.2) is 22.7 Å². The molecule has 0 spiro atoms. The molecule has 1 amide bonds. The van der Waals surface area contributed by atoms with Crippen LogP contribution >= 0.6 is 11.6 Å². The van der Waals surface area contributed by atoms with Crippen LogP contribution in [0.1, 0.15) is 5.56 Å². The van der Waals surface area contributed by atoms with Crippen molar-refractivity contribution in [1.29, 1.82) is 0 Å². The maximum atomic E-state index is 12.9. The van der Waals surface area contributed by atoms with Crippen molar-refractivity contribution in [3.8, 4) is 5.75 Å². The second kappa shape index (κ2) is 8.95. The SMILES string of the molecule is O=C(COc1ccc(Cl)cc1)Nc1ccc(NCc2ccc(F)cc2)nn1. The third-order valence-electron chi connectivity index (χ3n) is 3.50. The number of hydrogen-bond donors (Lipinski definition) is 2. The molecule has 0 fully saturated rings. The van der Waals surface area contributed by atoms with Gasteiger partial charge in [0.2, 0.25) is 0 Å². The third-order valence-corrected chi connectivity index (χ3v) is 3.75. The zero-order valence-electron chi connectivity index (χ0n) is 14.2. The Balaban J connectivity index is 1.45. The van der Waals surface area contributed by atoms with Crippen molar-refractivity contribution in [2.75, 3.05) is 17.2 Å². The molecule has 0 aliphatic rings. The van der Waals surface area contributed by atoms with Gasteiger partial charge in [0, 0.05) is 11.6 Å². The second-order valence-corrected chi connectivity index (χ2v) is 6.01. The van der Waals surface area contributed by atoms with Crippen molar-refractivity contribution in [3.63, 3.8) is 0 Å². The van der Waals surface area contributed by atoms with Gasteiger partial charge in [-0.25, -0.2) is 4.39 Å². The molecule has 0 saturated heterocycles. The summed E-state index contributed by atoms with van der Waals surface area (Å²) in [5.74, 6) is 0.757. The van der Waals surface area contributed by atoms with E-state index in [1.165, 1.54) is 12.1 Å². The van der Waals surface area contributed by atoms with E-state index in [0.717, 1.165) is 5.56 Å². The van der Waals surface area contributed by atoms with Crippen molar-refractivity contribution in [2.45, 2.75) is 6.54 Å². The molecule has 0 aliphatic heterocycles. The van der Waals surface area contributed by atoms with Gasteiger partial charge in [-0.3, -0.25) is 4.79 Å². The molecule has 6 nitrogen and oxygen atoms in total. The summed E-state index contributed by atoms with van der Waals surface area (Å²) in [6, 6.07) is 16.2. The molecule has 1 heterocycles. The molecule has 2 aromatic carbocycles. The Labute approximate surface area is 160 Å². The summed E-state index contributed by atoms with van der Waals surface area (Å²) in [4.78, 5) is 11.9. The molecule has 2 N–H and O–H groups in total. The molecular formula is C19H16ClFN4O2. The van der Waals surface area contributed by atoms with E-state index in [0.29, 0.717) is 29.0 Å². The first-order chi connectivity index (χ1) is 13.1. The van der Waals surface area contributed by atoms with Gasteiger partial charge in [0.05, 0.1) is 0 Å². The minimum atomic E-state index is -0.355. The van der Waals surface area contributed by atoms with Gasteiger partial charge in [-0.1, -0.05) is 23.7 Å². The summed E-state index contributed by atoms with van der Waals surface area (Å²) in [6.45, 7) is 0.323. The minimum absolute atomic E-state index is 0.159. The highest BCUT2D eigenvalue weighted by atomic mass is 35.5. The predicted molar refractivity (Wildman–Crippen MR) is 101 cm³/mol. The average molecular weight is 387 g/mol. The van der Waals surface area contributed by atoms with E-state index >= 15 is 0 Å². The smallest absolute Gasteiger partial charge is 0.263 e. The molecule has 0 aliphatic carbocycles. The fourth-order valence-electron chi connectivity index (χ4n) is 2.15. The topological polar surface area (TPSA) is 76.1 Å². The first-order valence-electron chi connectivity index (χ1n) is 8.09. The molecular weight excluding hydrogens is 371 g/mol. The minimum Gasteiger partial charge on any atom is -0.484 e. The second-order valence-electron chi connectivity index (χ2n) is 5.57.